The molecule has 0 N–H and O–H groups in total. The van der Waals surface area contributed by atoms with Crippen LogP contribution >= 0.6 is 0 Å². The molecule has 2 heteroatoms. The van der Waals surface area contributed by atoms with Crippen molar-refractivity contribution < 1.29 is 4.52 Å². The molecule has 1 aromatic heterocycles. The Hall–Kier alpha value is -2.09. The Kier molecular flexibility index (Phi) is 2.41. The number of benzene rings is 2. The van der Waals surface area contributed by atoms with Crippen molar-refractivity contribution >= 4 is 10.8 Å². The van der Waals surface area contributed by atoms with E-state index in [0.29, 0.717) is 0 Å². The van der Waals surface area contributed by atoms with Crippen molar-refractivity contribution in [2.24, 2.45) is 0 Å². The summed E-state index contributed by atoms with van der Waals surface area (Å²) in [4.78, 5) is 0. The molecule has 0 unspecified atom stereocenters. The first-order valence-electron chi connectivity index (χ1n) is 5.82. The van der Waals surface area contributed by atoms with E-state index in [0.717, 1.165) is 23.4 Å². The molecule has 0 saturated heterocycles. The maximum Gasteiger partial charge on any atom is 0.167 e. The van der Waals surface area contributed by atoms with Crippen molar-refractivity contribution in [3.05, 3.63) is 54.2 Å². The number of hydrogen-bond acceptors (Lipinski definition) is 2. The first-order valence-corrected chi connectivity index (χ1v) is 5.82. The molecule has 0 amide bonds. The van der Waals surface area contributed by atoms with Crippen LogP contribution in [0.15, 0.2) is 53.1 Å². The average Bonchev–Trinajstić information content (AvgIpc) is 2.87. The topological polar surface area (TPSA) is 26.0 Å². The van der Waals surface area contributed by atoms with Gasteiger partial charge in [0.05, 0.1) is 5.69 Å². The van der Waals surface area contributed by atoms with Crippen molar-refractivity contribution in [2.75, 3.05) is 0 Å². The molecule has 0 spiro atoms. The van der Waals surface area contributed by atoms with Crippen LogP contribution in [0.5, 0.6) is 0 Å². The van der Waals surface area contributed by atoms with Gasteiger partial charge in [0.1, 0.15) is 0 Å². The van der Waals surface area contributed by atoms with Gasteiger partial charge in [-0.3, -0.25) is 0 Å². The minimum absolute atomic E-state index is 0.846. The maximum atomic E-state index is 5.40. The van der Waals surface area contributed by atoms with Gasteiger partial charge < -0.3 is 4.52 Å². The fourth-order valence-electron chi connectivity index (χ4n) is 2.05. The van der Waals surface area contributed by atoms with Crippen LogP contribution < -0.4 is 0 Å². The third-order valence-corrected chi connectivity index (χ3v) is 2.98. The van der Waals surface area contributed by atoms with Crippen LogP contribution in [0.4, 0.5) is 0 Å². The van der Waals surface area contributed by atoms with Crippen molar-refractivity contribution in [3.8, 4) is 11.3 Å². The summed E-state index contributed by atoms with van der Waals surface area (Å²) in [6, 6.07) is 16.5. The van der Waals surface area contributed by atoms with Crippen LogP contribution in [0.25, 0.3) is 22.1 Å². The fraction of sp³-hybridized carbons (Fsp3) is 0.133. The van der Waals surface area contributed by atoms with Gasteiger partial charge in [0.2, 0.25) is 0 Å². The van der Waals surface area contributed by atoms with Gasteiger partial charge >= 0.3 is 0 Å². The lowest BCUT2D eigenvalue weighted by Gasteiger charge is -2.02. The first-order chi connectivity index (χ1) is 8.38. The lowest BCUT2D eigenvalue weighted by atomic mass is 10.0. The second kappa shape index (κ2) is 4.06. The van der Waals surface area contributed by atoms with Crippen molar-refractivity contribution in [3.63, 3.8) is 0 Å². The summed E-state index contributed by atoms with van der Waals surface area (Å²) >= 11 is 0. The maximum absolute atomic E-state index is 5.40. The van der Waals surface area contributed by atoms with Gasteiger partial charge in [0, 0.05) is 11.6 Å². The molecule has 84 valence electrons. The van der Waals surface area contributed by atoms with Gasteiger partial charge in [-0.15, -0.1) is 0 Å². The number of rotatable bonds is 2. The van der Waals surface area contributed by atoms with Gasteiger partial charge in [-0.05, 0) is 17.2 Å². The van der Waals surface area contributed by atoms with E-state index in [1.807, 2.05) is 24.3 Å². The summed E-state index contributed by atoms with van der Waals surface area (Å²) in [5, 5.41) is 6.47. The zero-order valence-electron chi connectivity index (χ0n) is 9.68. The molecular formula is C15H13NO. The average molecular weight is 223 g/mol. The molecule has 3 aromatic rings. The first kappa shape index (κ1) is 10.1. The molecule has 0 radical (unpaired) electrons. The molecule has 0 atom stereocenters. The van der Waals surface area contributed by atoms with Gasteiger partial charge in [-0.25, -0.2) is 0 Å². The van der Waals surface area contributed by atoms with Crippen LogP contribution in [0.1, 0.15) is 12.6 Å². The van der Waals surface area contributed by atoms with Gasteiger partial charge in [-0.1, -0.05) is 54.5 Å². The van der Waals surface area contributed by atoms with Crippen molar-refractivity contribution in [2.45, 2.75) is 13.3 Å². The third kappa shape index (κ3) is 1.72. The second-order valence-corrected chi connectivity index (χ2v) is 4.06. The largest absolute Gasteiger partial charge is 0.356 e. The summed E-state index contributed by atoms with van der Waals surface area (Å²) < 4.78 is 5.40. The number of aryl methyl sites for hydroxylation is 1. The SMILES string of the molecule is CCc1cc(-c2cccc3ccccc23)on1. The Bertz CT molecular complexity index is 649. The molecule has 3 rings (SSSR count). The fourth-order valence-corrected chi connectivity index (χ4v) is 2.05. The highest BCUT2D eigenvalue weighted by Crippen LogP contribution is 2.28. The number of fused-ring (bicyclic) bond motifs is 1. The summed E-state index contributed by atoms with van der Waals surface area (Å²) in [6.45, 7) is 2.07. The van der Waals surface area contributed by atoms with Gasteiger partial charge in [-0.2, -0.15) is 0 Å². The van der Waals surface area contributed by atoms with Crippen molar-refractivity contribution in [1.82, 2.24) is 5.16 Å². The molecule has 0 aliphatic carbocycles. The van der Waals surface area contributed by atoms with Crippen LogP contribution in [-0.4, -0.2) is 5.16 Å². The Morgan fingerprint density at radius 1 is 1.06 bits per heavy atom. The van der Waals surface area contributed by atoms with E-state index < -0.39 is 0 Å². The Morgan fingerprint density at radius 2 is 1.88 bits per heavy atom. The molecule has 2 aromatic carbocycles. The normalized spacial score (nSPS) is 10.9. The van der Waals surface area contributed by atoms with Gasteiger partial charge in [0.15, 0.2) is 5.76 Å². The molecule has 2 nitrogen and oxygen atoms in total. The Balaban J connectivity index is 2.23. The van der Waals surface area contributed by atoms with E-state index in [1.165, 1.54) is 10.8 Å². The lowest BCUT2D eigenvalue weighted by molar-refractivity contribution is 0.425. The molecule has 0 bridgehead atoms. The summed E-state index contributed by atoms with van der Waals surface area (Å²) in [5.74, 6) is 0.846. The van der Waals surface area contributed by atoms with E-state index in [-0.39, 0.29) is 0 Å². The summed E-state index contributed by atoms with van der Waals surface area (Å²) in [7, 11) is 0. The Morgan fingerprint density at radius 3 is 2.71 bits per heavy atom. The van der Waals surface area contributed by atoms with Crippen LogP contribution in [0.2, 0.25) is 0 Å². The summed E-state index contributed by atoms with van der Waals surface area (Å²) in [6.07, 6.45) is 0.897. The van der Waals surface area contributed by atoms with Crippen LogP contribution in [-0.2, 0) is 6.42 Å². The lowest BCUT2D eigenvalue weighted by Crippen LogP contribution is -1.78. The Labute approximate surface area is 99.9 Å². The minimum Gasteiger partial charge on any atom is -0.356 e. The van der Waals surface area contributed by atoms with Crippen LogP contribution in [0, 0.1) is 0 Å². The molecule has 1 heterocycles. The molecule has 0 aliphatic rings. The highest BCUT2D eigenvalue weighted by Gasteiger charge is 2.08. The third-order valence-electron chi connectivity index (χ3n) is 2.98. The zero-order chi connectivity index (χ0) is 11.7. The molecule has 0 saturated carbocycles. The molecule has 0 fully saturated rings. The highest BCUT2D eigenvalue weighted by molar-refractivity contribution is 5.95. The van der Waals surface area contributed by atoms with Crippen molar-refractivity contribution in [1.29, 1.82) is 0 Å². The standard InChI is InChI=1S/C15H13NO/c1-2-12-10-15(17-16-12)14-9-5-7-11-6-3-4-8-13(11)14/h3-10H,2H2,1H3. The van der Waals surface area contributed by atoms with E-state index in [2.05, 4.69) is 36.3 Å². The number of nitrogens with zero attached hydrogens (tertiary/aromatic N) is 1. The molecule has 17 heavy (non-hydrogen) atoms. The number of hydrogen-bond donors (Lipinski definition) is 0. The predicted molar refractivity (Wildman–Crippen MR) is 68.8 cm³/mol. The molecular weight excluding hydrogens is 210 g/mol. The van der Waals surface area contributed by atoms with E-state index in [9.17, 15) is 0 Å². The van der Waals surface area contributed by atoms with E-state index >= 15 is 0 Å². The zero-order valence-corrected chi connectivity index (χ0v) is 9.68. The van der Waals surface area contributed by atoms with Crippen LogP contribution in [0.3, 0.4) is 0 Å². The quantitative estimate of drug-likeness (QED) is 0.654. The van der Waals surface area contributed by atoms with E-state index in [4.69, 9.17) is 4.52 Å². The smallest absolute Gasteiger partial charge is 0.167 e. The monoisotopic (exact) mass is 223 g/mol. The molecule has 0 aliphatic heterocycles. The van der Waals surface area contributed by atoms with Gasteiger partial charge in [0.25, 0.3) is 0 Å². The minimum atomic E-state index is 0.846. The second-order valence-electron chi connectivity index (χ2n) is 4.06. The highest BCUT2D eigenvalue weighted by atomic mass is 16.5. The van der Waals surface area contributed by atoms with E-state index in [1.54, 1.807) is 0 Å². The number of aromatic nitrogens is 1. The predicted octanol–water partition coefficient (Wildman–Crippen LogP) is 4.06. The summed E-state index contributed by atoms with van der Waals surface area (Å²) in [5.41, 5.74) is 2.10.